The van der Waals surface area contributed by atoms with Gasteiger partial charge in [0.15, 0.2) is 0 Å². The first-order chi connectivity index (χ1) is 19.5. The van der Waals surface area contributed by atoms with E-state index in [4.69, 9.17) is 9.47 Å². The van der Waals surface area contributed by atoms with Crippen molar-refractivity contribution in [2.24, 2.45) is 0 Å². The minimum Gasteiger partial charge on any atom is -0.494 e. The van der Waals surface area contributed by atoms with Crippen LogP contribution in [0.25, 0.3) is 0 Å². The molecule has 0 unspecified atom stereocenters. The predicted molar refractivity (Wildman–Crippen MR) is 148 cm³/mol. The van der Waals surface area contributed by atoms with Crippen molar-refractivity contribution in [3.63, 3.8) is 0 Å². The van der Waals surface area contributed by atoms with Gasteiger partial charge in [0.25, 0.3) is 0 Å². The lowest BCUT2D eigenvalue weighted by atomic mass is 10.1. The number of rotatable bonds is 12. The van der Waals surface area contributed by atoms with Crippen molar-refractivity contribution in [3.05, 3.63) is 70.8 Å². The molecule has 220 valence electrons. The summed E-state index contributed by atoms with van der Waals surface area (Å²) in [6, 6.07) is 12.0. The van der Waals surface area contributed by atoms with E-state index in [1.54, 1.807) is 24.3 Å². The van der Waals surface area contributed by atoms with E-state index in [0.29, 0.717) is 24.7 Å². The zero-order valence-corrected chi connectivity index (χ0v) is 23.3. The molecule has 0 atom stereocenters. The van der Waals surface area contributed by atoms with Gasteiger partial charge in [-0.1, -0.05) is 76.1 Å². The molecule has 0 aromatic heterocycles. The van der Waals surface area contributed by atoms with Gasteiger partial charge < -0.3 is 9.47 Å². The van der Waals surface area contributed by atoms with Crippen LogP contribution in [0.3, 0.4) is 0 Å². The number of hydrogen-bond acceptors (Lipinski definition) is 2. The van der Waals surface area contributed by atoms with E-state index >= 15 is 0 Å². The molecule has 0 fully saturated rings. The van der Waals surface area contributed by atoms with Crippen LogP contribution in [0.5, 0.6) is 11.5 Å². The zero-order chi connectivity index (χ0) is 29.9. The summed E-state index contributed by atoms with van der Waals surface area (Å²) in [6.07, 6.45) is 8.20. The average molecular weight is 577 g/mol. The van der Waals surface area contributed by atoms with Gasteiger partial charge in [-0.15, -0.1) is 0 Å². The molecule has 0 saturated carbocycles. The standard InChI is InChI=1S/C33H34F6O2/c1-3-5-7-9-23-40-27-17-11-25(12-18-27)15-21-29-30(32(36,37)33(38,39)31(29,34)35)22-16-26-13-19-28(20-14-26)41-24-10-8-6-4-2/h11-14,17-20H,3-10,23-24H2,1-2H3. The van der Waals surface area contributed by atoms with Crippen LogP contribution < -0.4 is 9.47 Å². The minimum atomic E-state index is -5.68. The maximum Gasteiger partial charge on any atom is 0.382 e. The third-order valence-electron chi connectivity index (χ3n) is 6.57. The summed E-state index contributed by atoms with van der Waals surface area (Å²) < 4.78 is 98.1. The molecule has 2 aromatic rings. The van der Waals surface area contributed by atoms with Crippen LogP contribution in [0.2, 0.25) is 0 Å². The minimum absolute atomic E-state index is 0.169. The van der Waals surface area contributed by atoms with Crippen LogP contribution in [0.4, 0.5) is 26.3 Å². The summed E-state index contributed by atoms with van der Waals surface area (Å²) in [5.41, 5.74) is -3.04. The number of alkyl halides is 6. The zero-order valence-electron chi connectivity index (χ0n) is 23.3. The Bertz CT molecular complexity index is 1190. The number of unbranched alkanes of at least 4 members (excludes halogenated alkanes) is 6. The van der Waals surface area contributed by atoms with Crippen LogP contribution in [0, 0.1) is 23.7 Å². The Morgan fingerprint density at radius 1 is 0.512 bits per heavy atom. The lowest BCUT2D eigenvalue weighted by Crippen LogP contribution is -2.49. The van der Waals surface area contributed by atoms with Crippen molar-refractivity contribution < 1.29 is 35.8 Å². The molecule has 1 aliphatic rings. The predicted octanol–water partition coefficient (Wildman–Crippen LogP) is 9.22. The molecule has 0 aliphatic heterocycles. The van der Waals surface area contributed by atoms with Crippen molar-refractivity contribution in [3.8, 4) is 35.2 Å². The van der Waals surface area contributed by atoms with Gasteiger partial charge in [0.1, 0.15) is 11.5 Å². The van der Waals surface area contributed by atoms with Gasteiger partial charge in [-0.2, -0.15) is 26.3 Å². The molecular weight excluding hydrogens is 542 g/mol. The molecule has 8 heteroatoms. The number of hydrogen-bond donors (Lipinski definition) is 0. The molecule has 41 heavy (non-hydrogen) atoms. The van der Waals surface area contributed by atoms with E-state index < -0.39 is 28.9 Å². The van der Waals surface area contributed by atoms with Crippen LogP contribution in [0.1, 0.15) is 76.3 Å². The first kappa shape index (κ1) is 32.0. The van der Waals surface area contributed by atoms with Gasteiger partial charge in [-0.3, -0.25) is 0 Å². The highest BCUT2D eigenvalue weighted by molar-refractivity contribution is 5.60. The first-order valence-corrected chi connectivity index (χ1v) is 13.9. The number of benzene rings is 2. The Morgan fingerprint density at radius 2 is 0.878 bits per heavy atom. The van der Waals surface area contributed by atoms with Crippen LogP contribution in [-0.4, -0.2) is 31.0 Å². The maximum absolute atomic E-state index is 14.6. The molecular formula is C33H34F6O2. The van der Waals surface area contributed by atoms with Crippen molar-refractivity contribution in [1.29, 1.82) is 0 Å². The van der Waals surface area contributed by atoms with Crippen molar-refractivity contribution in [1.82, 2.24) is 0 Å². The van der Waals surface area contributed by atoms with Crippen LogP contribution >= 0.6 is 0 Å². The summed E-state index contributed by atoms with van der Waals surface area (Å²) in [5.74, 6) is -6.69. The fourth-order valence-electron chi connectivity index (χ4n) is 4.08. The number of halogens is 6. The quantitative estimate of drug-likeness (QED) is 0.142. The highest BCUT2D eigenvalue weighted by Crippen LogP contribution is 2.58. The maximum atomic E-state index is 14.6. The van der Waals surface area contributed by atoms with Crippen LogP contribution in [-0.2, 0) is 0 Å². The smallest absolute Gasteiger partial charge is 0.382 e. The lowest BCUT2D eigenvalue weighted by molar-refractivity contribution is -0.263. The molecule has 2 nitrogen and oxygen atoms in total. The molecule has 0 radical (unpaired) electrons. The van der Waals surface area contributed by atoms with E-state index in [1.165, 1.54) is 24.3 Å². The molecule has 3 rings (SSSR count). The van der Waals surface area contributed by atoms with Gasteiger partial charge >= 0.3 is 17.8 Å². The Balaban J connectivity index is 1.80. The van der Waals surface area contributed by atoms with Gasteiger partial charge in [0.2, 0.25) is 0 Å². The number of ether oxygens (including phenoxy) is 2. The monoisotopic (exact) mass is 576 g/mol. The van der Waals surface area contributed by atoms with Gasteiger partial charge in [-0.05, 0) is 61.4 Å². The van der Waals surface area contributed by atoms with Crippen molar-refractivity contribution in [2.45, 2.75) is 83.0 Å². The third kappa shape index (κ3) is 7.82. The normalized spacial score (nSPS) is 16.4. The van der Waals surface area contributed by atoms with E-state index in [-0.39, 0.29) is 11.1 Å². The molecule has 0 bridgehead atoms. The van der Waals surface area contributed by atoms with Crippen molar-refractivity contribution in [2.75, 3.05) is 13.2 Å². The second kappa shape index (κ2) is 14.4. The average Bonchev–Trinajstić information content (AvgIpc) is 3.05. The van der Waals surface area contributed by atoms with Crippen molar-refractivity contribution >= 4 is 0 Å². The SMILES string of the molecule is CCCCCCOc1ccc(C#CC2=C(C#Cc3ccc(OCCCCCC)cc3)C(F)(F)C(F)(F)C2(F)F)cc1. The molecule has 2 aromatic carbocycles. The molecule has 0 amide bonds. The van der Waals surface area contributed by atoms with Gasteiger partial charge in [0, 0.05) is 11.1 Å². The summed E-state index contributed by atoms with van der Waals surface area (Å²) in [7, 11) is 0. The van der Waals surface area contributed by atoms with E-state index in [1.807, 2.05) is 11.8 Å². The van der Waals surface area contributed by atoms with Gasteiger partial charge in [-0.25, -0.2) is 0 Å². The van der Waals surface area contributed by atoms with Crippen LogP contribution in [0.15, 0.2) is 59.7 Å². The van der Waals surface area contributed by atoms with E-state index in [2.05, 4.69) is 25.7 Å². The molecule has 0 N–H and O–H groups in total. The lowest BCUT2D eigenvalue weighted by Gasteiger charge is -2.24. The largest absolute Gasteiger partial charge is 0.494 e. The van der Waals surface area contributed by atoms with Gasteiger partial charge in [0.05, 0.1) is 24.4 Å². The highest BCUT2D eigenvalue weighted by Gasteiger charge is 2.80. The first-order valence-electron chi connectivity index (χ1n) is 13.9. The molecule has 1 aliphatic carbocycles. The summed E-state index contributed by atoms with van der Waals surface area (Å²) in [6.45, 7) is 5.21. The second-order valence-electron chi connectivity index (χ2n) is 9.84. The Labute approximate surface area is 238 Å². The topological polar surface area (TPSA) is 18.5 Å². The Hall–Kier alpha value is -3.52. The highest BCUT2D eigenvalue weighted by atomic mass is 19.3. The second-order valence-corrected chi connectivity index (χ2v) is 9.84. The fraction of sp³-hybridized carbons (Fsp3) is 0.455. The molecule has 0 saturated heterocycles. The van der Waals surface area contributed by atoms with E-state index in [0.717, 1.165) is 51.4 Å². The number of allylic oxidation sites excluding steroid dienone is 2. The summed E-state index contributed by atoms with van der Waals surface area (Å²) >= 11 is 0. The summed E-state index contributed by atoms with van der Waals surface area (Å²) in [4.78, 5) is 0. The Morgan fingerprint density at radius 3 is 1.22 bits per heavy atom. The fourth-order valence-corrected chi connectivity index (χ4v) is 4.08. The third-order valence-corrected chi connectivity index (χ3v) is 6.57. The molecule has 0 heterocycles. The molecule has 0 spiro atoms. The van der Waals surface area contributed by atoms with E-state index in [9.17, 15) is 26.3 Å². The summed E-state index contributed by atoms with van der Waals surface area (Å²) in [5, 5.41) is 0. The Kier molecular flexibility index (Phi) is 11.2.